The second-order valence-corrected chi connectivity index (χ2v) is 4.10. The number of carbonyl (C=O) groups is 1. The van der Waals surface area contributed by atoms with Crippen LogP contribution in [-0.4, -0.2) is 33.8 Å². The number of hydrogen-bond donors (Lipinski definition) is 3. The minimum Gasteiger partial charge on any atom is -0.433 e. The summed E-state index contributed by atoms with van der Waals surface area (Å²) in [5.41, 5.74) is 0.288. The number of aliphatic hydroxyl groups excluding tert-OH is 1. The summed E-state index contributed by atoms with van der Waals surface area (Å²) in [6, 6.07) is 0. The molecule has 0 amide bonds. The van der Waals surface area contributed by atoms with Crippen LogP contribution in [0.3, 0.4) is 0 Å². The van der Waals surface area contributed by atoms with Crippen molar-refractivity contribution < 1.29 is 33.5 Å². The Morgan fingerprint density at radius 3 is 2.12 bits per heavy atom. The quantitative estimate of drug-likeness (QED) is 0.221. The Morgan fingerprint density at radius 1 is 1.53 bits per heavy atom. The fraction of sp³-hybridized carbons (Fsp3) is 0.444. The Kier molecular flexibility index (Phi) is 9.83. The summed E-state index contributed by atoms with van der Waals surface area (Å²) < 4.78 is 18.1. The lowest BCUT2D eigenvalue weighted by Gasteiger charge is -2.04. The lowest BCUT2D eigenvalue weighted by atomic mass is 10.4. The fourth-order valence-electron chi connectivity index (χ4n) is 0.405. The highest BCUT2D eigenvalue weighted by molar-refractivity contribution is 7.46. The molecule has 0 aromatic rings. The number of ether oxygens (including phenoxy) is 1. The SMILES string of the molecule is C=C(C)C(=O)OC(C)O.C=CCOP(=O)(O)O. The molecular weight excluding hydrogens is 251 g/mol. The maximum Gasteiger partial charge on any atom is 0.469 e. The molecule has 0 bridgehead atoms. The molecule has 0 aromatic carbocycles. The van der Waals surface area contributed by atoms with Crippen molar-refractivity contribution >= 4 is 13.8 Å². The van der Waals surface area contributed by atoms with Crippen LogP contribution in [0.25, 0.3) is 0 Å². The highest BCUT2D eigenvalue weighted by Gasteiger charge is 2.10. The molecule has 0 aliphatic rings. The molecule has 0 spiro atoms. The van der Waals surface area contributed by atoms with Crippen molar-refractivity contribution in [1.29, 1.82) is 0 Å². The van der Waals surface area contributed by atoms with Crippen LogP contribution in [0.15, 0.2) is 24.8 Å². The van der Waals surface area contributed by atoms with E-state index in [1.165, 1.54) is 19.9 Å². The number of phosphoric acid groups is 1. The smallest absolute Gasteiger partial charge is 0.433 e. The van der Waals surface area contributed by atoms with Crippen LogP contribution < -0.4 is 0 Å². The number of esters is 1. The van der Waals surface area contributed by atoms with E-state index in [4.69, 9.17) is 14.9 Å². The van der Waals surface area contributed by atoms with Crippen molar-refractivity contribution in [2.24, 2.45) is 0 Å². The lowest BCUT2D eigenvalue weighted by Crippen LogP contribution is -2.13. The third-order valence-electron chi connectivity index (χ3n) is 0.987. The molecule has 0 rings (SSSR count). The molecule has 1 unspecified atom stereocenters. The number of hydrogen-bond acceptors (Lipinski definition) is 5. The van der Waals surface area contributed by atoms with Crippen LogP contribution in [0, 0.1) is 0 Å². The highest BCUT2D eigenvalue weighted by atomic mass is 31.2. The predicted octanol–water partition coefficient (Wildman–Crippen LogP) is 0.726. The molecule has 0 aliphatic heterocycles. The zero-order valence-corrected chi connectivity index (χ0v) is 10.6. The average Bonchev–Trinajstić information content (AvgIpc) is 2.13. The lowest BCUT2D eigenvalue weighted by molar-refractivity contribution is -0.159. The van der Waals surface area contributed by atoms with Gasteiger partial charge >= 0.3 is 13.8 Å². The highest BCUT2D eigenvalue weighted by Crippen LogP contribution is 2.35. The van der Waals surface area contributed by atoms with Crippen LogP contribution >= 0.6 is 7.82 Å². The van der Waals surface area contributed by atoms with Gasteiger partial charge in [0.1, 0.15) is 0 Å². The summed E-state index contributed by atoms with van der Waals surface area (Å²) in [6.07, 6.45) is 0.216. The van der Waals surface area contributed by atoms with Gasteiger partial charge in [0.25, 0.3) is 0 Å². The Hall–Kier alpha value is -0.980. The first-order chi connectivity index (χ1) is 7.60. The molecule has 8 heteroatoms. The predicted molar refractivity (Wildman–Crippen MR) is 60.8 cm³/mol. The Labute approximate surface area is 99.6 Å². The van der Waals surface area contributed by atoms with Crippen molar-refractivity contribution in [3.8, 4) is 0 Å². The number of rotatable bonds is 5. The van der Waals surface area contributed by atoms with Crippen LogP contribution in [-0.2, 0) is 18.6 Å². The third-order valence-corrected chi connectivity index (χ3v) is 1.47. The minimum atomic E-state index is -4.25. The van der Waals surface area contributed by atoms with Gasteiger partial charge in [0.2, 0.25) is 0 Å². The van der Waals surface area contributed by atoms with Crippen LogP contribution in [0.2, 0.25) is 0 Å². The average molecular weight is 268 g/mol. The molecule has 100 valence electrons. The molecule has 0 radical (unpaired) electrons. The van der Waals surface area contributed by atoms with Gasteiger partial charge in [0.05, 0.1) is 6.61 Å². The van der Waals surface area contributed by atoms with Gasteiger partial charge in [-0.3, -0.25) is 4.52 Å². The Balaban J connectivity index is 0. The summed E-state index contributed by atoms with van der Waals surface area (Å²) in [5.74, 6) is -0.565. The van der Waals surface area contributed by atoms with Gasteiger partial charge in [-0.25, -0.2) is 9.36 Å². The molecule has 1 atom stereocenters. The summed E-state index contributed by atoms with van der Waals surface area (Å²) in [7, 11) is -4.25. The molecule has 0 heterocycles. The number of phosphoric ester groups is 1. The molecule has 3 N–H and O–H groups in total. The molecule has 17 heavy (non-hydrogen) atoms. The van der Waals surface area contributed by atoms with Crippen molar-refractivity contribution in [3.63, 3.8) is 0 Å². The van der Waals surface area contributed by atoms with E-state index in [2.05, 4.69) is 22.4 Å². The normalized spacial score (nSPS) is 11.8. The van der Waals surface area contributed by atoms with E-state index in [1.54, 1.807) is 0 Å². The number of aliphatic hydroxyl groups is 1. The molecule has 7 nitrogen and oxygen atoms in total. The Morgan fingerprint density at radius 2 is 2.00 bits per heavy atom. The third kappa shape index (κ3) is 17.6. The van der Waals surface area contributed by atoms with Crippen molar-refractivity contribution in [2.75, 3.05) is 6.61 Å². The van der Waals surface area contributed by atoms with E-state index in [0.717, 1.165) is 0 Å². The number of carbonyl (C=O) groups excluding carboxylic acids is 1. The maximum atomic E-state index is 10.5. The van der Waals surface area contributed by atoms with Gasteiger partial charge in [-0.2, -0.15) is 0 Å². The van der Waals surface area contributed by atoms with Crippen molar-refractivity contribution in [1.82, 2.24) is 0 Å². The van der Waals surface area contributed by atoms with E-state index < -0.39 is 20.1 Å². The summed E-state index contributed by atoms with van der Waals surface area (Å²) in [5, 5.41) is 8.49. The van der Waals surface area contributed by atoms with E-state index in [0.29, 0.717) is 0 Å². The van der Waals surface area contributed by atoms with Gasteiger partial charge in [0, 0.05) is 5.57 Å². The summed E-state index contributed by atoms with van der Waals surface area (Å²) in [6.45, 7) is 9.28. The topological polar surface area (TPSA) is 113 Å². The largest absolute Gasteiger partial charge is 0.469 e. The molecule has 0 saturated carbocycles. The van der Waals surface area contributed by atoms with Gasteiger partial charge < -0.3 is 19.6 Å². The zero-order valence-electron chi connectivity index (χ0n) is 9.70. The van der Waals surface area contributed by atoms with E-state index in [-0.39, 0.29) is 12.2 Å². The monoisotopic (exact) mass is 268 g/mol. The molecular formula is C9H17O7P. The van der Waals surface area contributed by atoms with Gasteiger partial charge in [-0.1, -0.05) is 12.7 Å². The van der Waals surface area contributed by atoms with E-state index in [1.807, 2.05) is 0 Å². The molecule has 0 aromatic heterocycles. The first kappa shape index (κ1) is 18.4. The minimum absolute atomic E-state index is 0.121. The van der Waals surface area contributed by atoms with Crippen LogP contribution in [0.1, 0.15) is 13.8 Å². The van der Waals surface area contributed by atoms with Gasteiger partial charge in [-0.05, 0) is 13.8 Å². The first-order valence-corrected chi connectivity index (χ1v) is 5.98. The maximum absolute atomic E-state index is 10.5. The summed E-state index contributed by atoms with van der Waals surface area (Å²) >= 11 is 0. The van der Waals surface area contributed by atoms with E-state index >= 15 is 0 Å². The second-order valence-electron chi connectivity index (χ2n) is 2.86. The van der Waals surface area contributed by atoms with Crippen LogP contribution in [0.5, 0.6) is 0 Å². The van der Waals surface area contributed by atoms with Gasteiger partial charge in [0.15, 0.2) is 6.29 Å². The fourth-order valence-corrected chi connectivity index (χ4v) is 0.705. The summed E-state index contributed by atoms with van der Waals surface area (Å²) in [4.78, 5) is 26.5. The van der Waals surface area contributed by atoms with Crippen molar-refractivity contribution in [2.45, 2.75) is 20.1 Å². The van der Waals surface area contributed by atoms with Crippen molar-refractivity contribution in [3.05, 3.63) is 24.8 Å². The molecule has 0 aliphatic carbocycles. The van der Waals surface area contributed by atoms with E-state index in [9.17, 15) is 9.36 Å². The van der Waals surface area contributed by atoms with Crippen LogP contribution in [0.4, 0.5) is 0 Å². The second kappa shape index (κ2) is 9.09. The zero-order chi connectivity index (χ0) is 14.1. The molecule has 0 saturated heterocycles. The first-order valence-electron chi connectivity index (χ1n) is 4.45. The standard InChI is InChI=1S/C6H10O3.C3H7O4P/c1-4(2)6(8)9-5(3)7;1-2-3-7-8(4,5)6/h5,7H,1H2,2-3H3;2H,1,3H2,(H2,4,5,6). The molecule has 0 fully saturated rings. The van der Waals surface area contributed by atoms with Gasteiger partial charge in [-0.15, -0.1) is 6.58 Å². The Bertz CT molecular complexity index is 304.